The van der Waals surface area contributed by atoms with Gasteiger partial charge >= 0.3 is 5.97 Å². The van der Waals surface area contributed by atoms with E-state index in [4.69, 9.17) is 0 Å². The molecule has 2 atom stereocenters. The van der Waals surface area contributed by atoms with Crippen LogP contribution in [0.15, 0.2) is 0 Å². The van der Waals surface area contributed by atoms with Crippen molar-refractivity contribution in [1.82, 2.24) is 5.32 Å². The Kier molecular flexibility index (Phi) is 4.48. The number of rotatable bonds is 5. The molecule has 2 saturated carbocycles. The third-order valence-electron chi connectivity index (χ3n) is 5.04. The Morgan fingerprint density at radius 2 is 1.89 bits per heavy atom. The molecule has 2 fully saturated rings. The standard InChI is InChI=1S/C15H25NO3/c1-2-11-6-3-4-7-12(11)16-13(17)10-15(14(18)19)8-5-9-15/h11-12H,2-10H2,1H3,(H,16,17)(H,18,19). The number of aliphatic carboxylic acids is 1. The van der Waals surface area contributed by atoms with Crippen LogP contribution in [0.3, 0.4) is 0 Å². The molecule has 2 rings (SSSR count). The zero-order valence-electron chi connectivity index (χ0n) is 11.8. The van der Waals surface area contributed by atoms with Crippen LogP contribution in [0.4, 0.5) is 0 Å². The number of hydrogen-bond donors (Lipinski definition) is 2. The van der Waals surface area contributed by atoms with Gasteiger partial charge in [0.05, 0.1) is 5.41 Å². The van der Waals surface area contributed by atoms with Crippen molar-refractivity contribution in [2.75, 3.05) is 0 Å². The number of nitrogens with one attached hydrogen (secondary N) is 1. The minimum absolute atomic E-state index is 0.0625. The van der Waals surface area contributed by atoms with E-state index < -0.39 is 11.4 Å². The van der Waals surface area contributed by atoms with Crippen molar-refractivity contribution in [3.63, 3.8) is 0 Å². The molecular weight excluding hydrogens is 242 g/mol. The molecule has 4 nitrogen and oxygen atoms in total. The van der Waals surface area contributed by atoms with E-state index >= 15 is 0 Å². The molecule has 108 valence electrons. The van der Waals surface area contributed by atoms with Crippen LogP contribution in [0.25, 0.3) is 0 Å². The number of hydrogen-bond acceptors (Lipinski definition) is 2. The molecule has 2 aliphatic rings. The number of carboxylic acids is 1. The van der Waals surface area contributed by atoms with E-state index in [9.17, 15) is 14.7 Å². The highest BCUT2D eigenvalue weighted by molar-refractivity contribution is 5.85. The zero-order valence-corrected chi connectivity index (χ0v) is 11.8. The Bertz CT molecular complexity index is 349. The van der Waals surface area contributed by atoms with E-state index in [2.05, 4.69) is 12.2 Å². The Morgan fingerprint density at radius 1 is 1.21 bits per heavy atom. The summed E-state index contributed by atoms with van der Waals surface area (Å²) in [5.74, 6) is -0.295. The maximum Gasteiger partial charge on any atom is 0.310 e. The summed E-state index contributed by atoms with van der Waals surface area (Å²) in [7, 11) is 0. The Morgan fingerprint density at radius 3 is 2.42 bits per heavy atom. The van der Waals surface area contributed by atoms with Crippen LogP contribution in [0, 0.1) is 11.3 Å². The SMILES string of the molecule is CCC1CCCCC1NC(=O)CC1(C(=O)O)CCC1. The average Bonchev–Trinajstić information content (AvgIpc) is 2.34. The first-order chi connectivity index (χ1) is 9.07. The number of carbonyl (C=O) groups excluding carboxylic acids is 1. The second-order valence-corrected chi connectivity index (χ2v) is 6.24. The summed E-state index contributed by atoms with van der Waals surface area (Å²) in [5, 5.41) is 12.4. The van der Waals surface area contributed by atoms with Crippen LogP contribution in [0.5, 0.6) is 0 Å². The van der Waals surface area contributed by atoms with Gasteiger partial charge < -0.3 is 10.4 Å². The van der Waals surface area contributed by atoms with Crippen LogP contribution in [0.2, 0.25) is 0 Å². The quantitative estimate of drug-likeness (QED) is 0.805. The molecular formula is C15H25NO3. The van der Waals surface area contributed by atoms with Crippen molar-refractivity contribution in [2.24, 2.45) is 11.3 Å². The molecule has 19 heavy (non-hydrogen) atoms. The molecule has 0 heterocycles. The van der Waals surface area contributed by atoms with Crippen LogP contribution >= 0.6 is 0 Å². The van der Waals surface area contributed by atoms with E-state index in [-0.39, 0.29) is 18.4 Å². The van der Waals surface area contributed by atoms with Gasteiger partial charge in [0, 0.05) is 12.5 Å². The normalized spacial score (nSPS) is 29.3. The largest absolute Gasteiger partial charge is 0.481 e. The predicted octanol–water partition coefficient (Wildman–Crippen LogP) is 2.72. The van der Waals surface area contributed by atoms with Crippen LogP contribution in [0.1, 0.15) is 64.7 Å². The smallest absolute Gasteiger partial charge is 0.310 e. The molecule has 4 heteroatoms. The first-order valence-electron chi connectivity index (χ1n) is 7.60. The molecule has 0 aliphatic heterocycles. The minimum Gasteiger partial charge on any atom is -0.481 e. The fourth-order valence-electron chi connectivity index (χ4n) is 3.52. The van der Waals surface area contributed by atoms with E-state index in [0.29, 0.717) is 18.8 Å². The van der Waals surface area contributed by atoms with Gasteiger partial charge in [0.15, 0.2) is 0 Å². The fourth-order valence-corrected chi connectivity index (χ4v) is 3.52. The molecule has 0 saturated heterocycles. The molecule has 2 aliphatic carbocycles. The van der Waals surface area contributed by atoms with Gasteiger partial charge in [-0.2, -0.15) is 0 Å². The van der Waals surface area contributed by atoms with Crippen LogP contribution < -0.4 is 5.32 Å². The third-order valence-corrected chi connectivity index (χ3v) is 5.04. The van der Waals surface area contributed by atoms with Gasteiger partial charge in [0.2, 0.25) is 5.91 Å². The third kappa shape index (κ3) is 3.10. The molecule has 0 radical (unpaired) electrons. The van der Waals surface area contributed by atoms with Gasteiger partial charge in [0.25, 0.3) is 0 Å². The van der Waals surface area contributed by atoms with Crippen molar-refractivity contribution in [2.45, 2.75) is 70.8 Å². The summed E-state index contributed by atoms with van der Waals surface area (Å²) < 4.78 is 0. The Labute approximate surface area is 115 Å². The number of carbonyl (C=O) groups is 2. The molecule has 0 aromatic heterocycles. The van der Waals surface area contributed by atoms with Crippen LogP contribution in [-0.2, 0) is 9.59 Å². The second kappa shape index (κ2) is 5.93. The summed E-state index contributed by atoms with van der Waals surface area (Å²) in [6.45, 7) is 2.17. The van der Waals surface area contributed by atoms with Crippen LogP contribution in [-0.4, -0.2) is 23.0 Å². The Balaban J connectivity index is 1.88. The van der Waals surface area contributed by atoms with Gasteiger partial charge in [-0.15, -0.1) is 0 Å². The highest BCUT2D eigenvalue weighted by Gasteiger charge is 2.46. The number of carboxylic acid groups (broad SMARTS) is 1. The van der Waals surface area contributed by atoms with Gasteiger partial charge in [-0.1, -0.05) is 32.6 Å². The lowest BCUT2D eigenvalue weighted by molar-refractivity contribution is -0.157. The summed E-state index contributed by atoms with van der Waals surface area (Å²) in [6, 6.07) is 0.261. The lowest BCUT2D eigenvalue weighted by Gasteiger charge is -2.38. The summed E-state index contributed by atoms with van der Waals surface area (Å²) in [4.78, 5) is 23.4. The van der Waals surface area contributed by atoms with Gasteiger partial charge in [0.1, 0.15) is 0 Å². The molecule has 2 N–H and O–H groups in total. The first kappa shape index (κ1) is 14.4. The maximum absolute atomic E-state index is 12.1. The lowest BCUT2D eigenvalue weighted by Crippen LogP contribution is -2.47. The topological polar surface area (TPSA) is 66.4 Å². The van der Waals surface area contributed by atoms with Gasteiger partial charge in [-0.25, -0.2) is 0 Å². The van der Waals surface area contributed by atoms with Crippen molar-refractivity contribution in [3.8, 4) is 0 Å². The van der Waals surface area contributed by atoms with E-state index in [0.717, 1.165) is 19.3 Å². The van der Waals surface area contributed by atoms with E-state index in [1.54, 1.807) is 0 Å². The van der Waals surface area contributed by atoms with E-state index in [1.165, 1.54) is 19.3 Å². The predicted molar refractivity (Wildman–Crippen MR) is 72.7 cm³/mol. The monoisotopic (exact) mass is 267 g/mol. The number of amides is 1. The summed E-state index contributed by atoms with van der Waals surface area (Å²) in [6.07, 6.45) is 8.14. The second-order valence-electron chi connectivity index (χ2n) is 6.24. The van der Waals surface area contributed by atoms with Crippen molar-refractivity contribution in [3.05, 3.63) is 0 Å². The lowest BCUT2D eigenvalue weighted by atomic mass is 9.66. The van der Waals surface area contributed by atoms with Crippen molar-refractivity contribution < 1.29 is 14.7 Å². The summed E-state index contributed by atoms with van der Waals surface area (Å²) in [5.41, 5.74) is -0.763. The molecule has 1 amide bonds. The highest BCUT2D eigenvalue weighted by Crippen LogP contribution is 2.44. The van der Waals surface area contributed by atoms with Gasteiger partial charge in [-0.05, 0) is 31.6 Å². The fraction of sp³-hybridized carbons (Fsp3) is 0.867. The Hall–Kier alpha value is -1.06. The van der Waals surface area contributed by atoms with Gasteiger partial charge in [-0.3, -0.25) is 9.59 Å². The average molecular weight is 267 g/mol. The zero-order chi connectivity index (χ0) is 13.9. The summed E-state index contributed by atoms with van der Waals surface area (Å²) >= 11 is 0. The molecule has 0 spiro atoms. The van der Waals surface area contributed by atoms with Crippen molar-refractivity contribution >= 4 is 11.9 Å². The molecule has 0 aromatic carbocycles. The molecule has 0 aromatic rings. The van der Waals surface area contributed by atoms with Crippen molar-refractivity contribution in [1.29, 1.82) is 0 Å². The van der Waals surface area contributed by atoms with E-state index in [1.807, 2.05) is 0 Å². The molecule has 2 unspecified atom stereocenters. The molecule has 0 bridgehead atoms. The highest BCUT2D eigenvalue weighted by atomic mass is 16.4. The minimum atomic E-state index is -0.801. The maximum atomic E-state index is 12.1. The first-order valence-corrected chi connectivity index (χ1v) is 7.60.